The van der Waals surface area contributed by atoms with Crippen molar-refractivity contribution < 1.29 is 4.79 Å². The standard InChI is InChI=1S/C15H11NOS/c17-13(8-11-4-3-7-16-10-11)15-9-12-5-1-2-6-14(12)18-15/h1-7,9-10H,8H2. The molecule has 2 aromatic heterocycles. The maximum Gasteiger partial charge on any atom is 0.177 e. The van der Waals surface area contributed by atoms with Gasteiger partial charge in [0.05, 0.1) is 4.88 Å². The number of benzene rings is 1. The predicted octanol–water partition coefficient (Wildman–Crippen LogP) is 3.72. The average Bonchev–Trinajstić information content (AvgIpc) is 2.84. The summed E-state index contributed by atoms with van der Waals surface area (Å²) in [5, 5.41) is 1.14. The molecule has 1 aromatic carbocycles. The first-order chi connectivity index (χ1) is 8.83. The third-order valence-corrected chi connectivity index (χ3v) is 3.94. The normalized spacial score (nSPS) is 10.7. The van der Waals surface area contributed by atoms with Crippen LogP contribution in [0.5, 0.6) is 0 Å². The highest BCUT2D eigenvalue weighted by Gasteiger charge is 2.10. The second kappa shape index (κ2) is 4.70. The van der Waals surface area contributed by atoms with E-state index in [1.54, 1.807) is 23.7 Å². The summed E-state index contributed by atoms with van der Waals surface area (Å²) in [5.74, 6) is 0.157. The molecule has 2 nitrogen and oxygen atoms in total. The molecule has 0 amide bonds. The van der Waals surface area contributed by atoms with E-state index in [4.69, 9.17) is 0 Å². The summed E-state index contributed by atoms with van der Waals surface area (Å²) in [6.45, 7) is 0. The van der Waals surface area contributed by atoms with Crippen molar-refractivity contribution in [3.8, 4) is 0 Å². The van der Waals surface area contributed by atoms with Crippen molar-refractivity contribution in [2.24, 2.45) is 0 Å². The van der Waals surface area contributed by atoms with Crippen LogP contribution < -0.4 is 0 Å². The molecule has 0 unspecified atom stereocenters. The summed E-state index contributed by atoms with van der Waals surface area (Å²) in [4.78, 5) is 17.0. The van der Waals surface area contributed by atoms with E-state index >= 15 is 0 Å². The van der Waals surface area contributed by atoms with Gasteiger partial charge in [-0.1, -0.05) is 24.3 Å². The molecule has 0 saturated heterocycles. The van der Waals surface area contributed by atoms with Gasteiger partial charge >= 0.3 is 0 Å². The molecule has 0 radical (unpaired) electrons. The number of Topliss-reactive ketones (excluding diaryl/α,β-unsaturated/α-hetero) is 1. The van der Waals surface area contributed by atoms with E-state index in [-0.39, 0.29) is 5.78 Å². The van der Waals surface area contributed by atoms with Crippen molar-refractivity contribution in [1.82, 2.24) is 4.98 Å². The number of fused-ring (bicyclic) bond motifs is 1. The topological polar surface area (TPSA) is 30.0 Å². The third-order valence-electron chi connectivity index (χ3n) is 2.79. The van der Waals surface area contributed by atoms with Crippen molar-refractivity contribution in [2.45, 2.75) is 6.42 Å². The van der Waals surface area contributed by atoms with E-state index in [0.717, 1.165) is 20.5 Å². The van der Waals surface area contributed by atoms with Gasteiger partial charge in [-0.25, -0.2) is 0 Å². The molecule has 3 rings (SSSR count). The van der Waals surface area contributed by atoms with Crippen molar-refractivity contribution in [2.75, 3.05) is 0 Å². The molecule has 3 aromatic rings. The number of hydrogen-bond acceptors (Lipinski definition) is 3. The third kappa shape index (κ3) is 2.17. The zero-order chi connectivity index (χ0) is 12.4. The molecule has 0 bridgehead atoms. The van der Waals surface area contributed by atoms with Crippen molar-refractivity contribution in [3.05, 3.63) is 65.3 Å². The fourth-order valence-corrected chi connectivity index (χ4v) is 2.89. The average molecular weight is 253 g/mol. The van der Waals surface area contributed by atoms with Gasteiger partial charge in [0, 0.05) is 23.5 Å². The van der Waals surface area contributed by atoms with Crippen molar-refractivity contribution >= 4 is 27.2 Å². The Hall–Kier alpha value is -2.00. The van der Waals surface area contributed by atoms with Gasteiger partial charge in [-0.05, 0) is 29.1 Å². The van der Waals surface area contributed by atoms with Gasteiger partial charge in [-0.2, -0.15) is 0 Å². The lowest BCUT2D eigenvalue weighted by atomic mass is 10.1. The summed E-state index contributed by atoms with van der Waals surface area (Å²) in [5.41, 5.74) is 0.958. The molecular formula is C15H11NOS. The monoisotopic (exact) mass is 253 g/mol. The lowest BCUT2D eigenvalue weighted by Crippen LogP contribution is -2.00. The predicted molar refractivity (Wildman–Crippen MR) is 74.1 cm³/mol. The molecule has 18 heavy (non-hydrogen) atoms. The lowest BCUT2D eigenvalue weighted by molar-refractivity contribution is 0.0997. The Morgan fingerprint density at radius 1 is 1.17 bits per heavy atom. The first-order valence-corrected chi connectivity index (χ1v) is 6.55. The molecule has 0 aliphatic rings. The molecule has 0 fully saturated rings. The van der Waals surface area contributed by atoms with Crippen LogP contribution >= 0.6 is 11.3 Å². The SMILES string of the molecule is O=C(Cc1cccnc1)c1cc2ccccc2s1. The second-order valence-corrected chi connectivity index (χ2v) is 5.19. The zero-order valence-corrected chi connectivity index (χ0v) is 10.5. The molecule has 0 spiro atoms. The quantitative estimate of drug-likeness (QED) is 0.666. The van der Waals surface area contributed by atoms with Gasteiger partial charge in [0.1, 0.15) is 0 Å². The summed E-state index contributed by atoms with van der Waals surface area (Å²) < 4.78 is 1.16. The zero-order valence-electron chi connectivity index (χ0n) is 9.67. The molecule has 0 N–H and O–H groups in total. The second-order valence-electron chi connectivity index (χ2n) is 4.11. The number of pyridine rings is 1. The highest BCUT2D eigenvalue weighted by molar-refractivity contribution is 7.20. The van der Waals surface area contributed by atoms with Crippen LogP contribution in [-0.2, 0) is 6.42 Å². The van der Waals surface area contributed by atoms with Crippen molar-refractivity contribution in [3.63, 3.8) is 0 Å². The molecule has 3 heteroatoms. The minimum Gasteiger partial charge on any atom is -0.293 e. The fraction of sp³-hybridized carbons (Fsp3) is 0.0667. The number of carbonyl (C=O) groups is 1. The number of aromatic nitrogens is 1. The van der Waals surface area contributed by atoms with Crippen LogP contribution in [0.2, 0.25) is 0 Å². The van der Waals surface area contributed by atoms with Crippen LogP contribution in [-0.4, -0.2) is 10.8 Å². The first kappa shape index (κ1) is 11.1. The Labute approximate surface area is 109 Å². The molecule has 0 aliphatic heterocycles. The minimum atomic E-state index is 0.157. The smallest absolute Gasteiger partial charge is 0.177 e. The number of rotatable bonds is 3. The number of hydrogen-bond donors (Lipinski definition) is 0. The number of ketones is 1. The lowest BCUT2D eigenvalue weighted by Gasteiger charge is -1.97. The van der Waals surface area contributed by atoms with Crippen molar-refractivity contribution in [1.29, 1.82) is 0 Å². The fourth-order valence-electron chi connectivity index (χ4n) is 1.89. The van der Waals surface area contributed by atoms with E-state index in [2.05, 4.69) is 4.98 Å². The van der Waals surface area contributed by atoms with E-state index in [1.807, 2.05) is 42.5 Å². The van der Waals surface area contributed by atoms with E-state index in [0.29, 0.717) is 6.42 Å². The summed E-state index contributed by atoms with van der Waals surface area (Å²) in [6.07, 6.45) is 3.87. The van der Waals surface area contributed by atoms with E-state index in [1.165, 1.54) is 0 Å². The molecule has 0 atom stereocenters. The van der Waals surface area contributed by atoms with Crippen LogP contribution in [0.4, 0.5) is 0 Å². The highest BCUT2D eigenvalue weighted by atomic mass is 32.1. The molecule has 0 aliphatic carbocycles. The molecule has 0 saturated carbocycles. The maximum atomic E-state index is 12.2. The van der Waals surface area contributed by atoms with E-state index in [9.17, 15) is 4.79 Å². The maximum absolute atomic E-state index is 12.2. The Morgan fingerprint density at radius 2 is 2.06 bits per heavy atom. The van der Waals surface area contributed by atoms with Crippen LogP contribution in [0.1, 0.15) is 15.2 Å². The number of nitrogens with zero attached hydrogens (tertiary/aromatic N) is 1. The van der Waals surface area contributed by atoms with Gasteiger partial charge in [0.15, 0.2) is 5.78 Å². The molecular weight excluding hydrogens is 242 g/mol. The number of thiophene rings is 1. The largest absolute Gasteiger partial charge is 0.293 e. The molecule has 2 heterocycles. The van der Waals surface area contributed by atoms with Crippen LogP contribution in [0, 0.1) is 0 Å². The number of carbonyl (C=O) groups excluding carboxylic acids is 1. The Kier molecular flexibility index (Phi) is 2.90. The first-order valence-electron chi connectivity index (χ1n) is 5.73. The van der Waals surface area contributed by atoms with Crippen LogP contribution in [0.15, 0.2) is 54.9 Å². The summed E-state index contributed by atoms with van der Waals surface area (Å²) in [6, 6.07) is 13.8. The van der Waals surface area contributed by atoms with Gasteiger partial charge in [-0.15, -0.1) is 11.3 Å². The Balaban J connectivity index is 1.88. The van der Waals surface area contributed by atoms with E-state index < -0.39 is 0 Å². The van der Waals surface area contributed by atoms with Crippen LogP contribution in [0.25, 0.3) is 10.1 Å². The summed E-state index contributed by atoms with van der Waals surface area (Å²) in [7, 11) is 0. The minimum absolute atomic E-state index is 0.157. The summed E-state index contributed by atoms with van der Waals surface area (Å²) >= 11 is 1.55. The van der Waals surface area contributed by atoms with Gasteiger partial charge in [-0.3, -0.25) is 9.78 Å². The Morgan fingerprint density at radius 3 is 2.83 bits per heavy atom. The molecule has 88 valence electrons. The van der Waals surface area contributed by atoms with Gasteiger partial charge < -0.3 is 0 Å². The van der Waals surface area contributed by atoms with Gasteiger partial charge in [0.25, 0.3) is 0 Å². The Bertz CT molecular complexity index is 655. The van der Waals surface area contributed by atoms with Crippen LogP contribution in [0.3, 0.4) is 0 Å². The van der Waals surface area contributed by atoms with Gasteiger partial charge in [0.2, 0.25) is 0 Å². The highest BCUT2D eigenvalue weighted by Crippen LogP contribution is 2.26.